The van der Waals surface area contributed by atoms with E-state index in [4.69, 9.17) is 18.0 Å². The third-order valence-electron chi connectivity index (χ3n) is 11.0. The van der Waals surface area contributed by atoms with Gasteiger partial charge in [0.15, 0.2) is 14.3 Å². The number of terminal acetylenes is 1. The molecule has 19 heteroatoms. The average Bonchev–Trinajstić information content (AvgIpc) is 3.55. The first-order valence-corrected chi connectivity index (χ1v) is 39.8. The van der Waals surface area contributed by atoms with Crippen molar-refractivity contribution in [2.45, 2.75) is 41.5 Å². The Labute approximate surface area is 562 Å². The maximum absolute atomic E-state index is 13.4. The van der Waals surface area contributed by atoms with Gasteiger partial charge >= 0.3 is 0 Å². The maximum Gasteiger partial charge on any atom is 0.192 e. The van der Waals surface area contributed by atoms with Crippen LogP contribution in [0.25, 0.3) is 0 Å². The van der Waals surface area contributed by atoms with E-state index in [1.165, 1.54) is 43.2 Å². The molecule has 0 spiro atoms. The Hall–Kier alpha value is -3.21. The summed E-state index contributed by atoms with van der Waals surface area (Å²) in [5.74, 6) is 0.924. The summed E-state index contributed by atoms with van der Waals surface area (Å²) in [5, 5.41) is 2.95. The molecular formula is C66H77ClF4O6P6Y2-2. The number of benzene rings is 8. The zero-order chi connectivity index (χ0) is 63.5. The van der Waals surface area contributed by atoms with Gasteiger partial charge in [0.1, 0.15) is 53.2 Å². The van der Waals surface area contributed by atoms with E-state index in [2.05, 4.69) is 18.1 Å². The first kappa shape index (κ1) is 83.9. The fourth-order valence-electron chi connectivity index (χ4n) is 6.74. The number of rotatable bonds is 6. The Morgan fingerprint density at radius 1 is 0.400 bits per heavy atom. The quantitative estimate of drug-likeness (QED) is 0.0711. The fraction of sp³-hybridized carbons (Fsp3) is 0.242. The molecule has 8 aromatic carbocycles. The summed E-state index contributed by atoms with van der Waals surface area (Å²) in [5.41, 5.74) is 6.61. The van der Waals surface area contributed by atoms with Crippen molar-refractivity contribution in [3.63, 3.8) is 0 Å². The van der Waals surface area contributed by atoms with Crippen molar-refractivity contribution in [3.8, 4) is 12.3 Å². The fourth-order valence-corrected chi connectivity index (χ4v) is 12.8. The molecular weight excluding hydrogens is 1360 g/mol. The molecule has 8 rings (SSSR count). The molecule has 0 atom stereocenters. The van der Waals surface area contributed by atoms with E-state index in [1.807, 2.05) is 138 Å². The van der Waals surface area contributed by atoms with Crippen LogP contribution in [0.4, 0.5) is 17.6 Å². The van der Waals surface area contributed by atoms with Gasteiger partial charge in [-0.2, -0.15) is 72.8 Å². The topological polar surface area (TPSA) is 102 Å². The van der Waals surface area contributed by atoms with Crippen LogP contribution in [0.15, 0.2) is 170 Å². The predicted molar refractivity (Wildman–Crippen MR) is 353 cm³/mol. The molecule has 0 aliphatic carbocycles. The van der Waals surface area contributed by atoms with Crippen molar-refractivity contribution < 1.29 is 110 Å². The molecule has 0 saturated carbocycles. The summed E-state index contributed by atoms with van der Waals surface area (Å²) in [7, 11) is -12.1. The van der Waals surface area contributed by atoms with Crippen molar-refractivity contribution in [1.82, 2.24) is 0 Å². The van der Waals surface area contributed by atoms with Crippen molar-refractivity contribution in [1.29, 1.82) is 0 Å². The molecule has 2 radical (unpaired) electrons. The van der Waals surface area contributed by atoms with Gasteiger partial charge in [0, 0.05) is 103 Å². The van der Waals surface area contributed by atoms with Crippen LogP contribution in [0.5, 0.6) is 0 Å². The van der Waals surface area contributed by atoms with E-state index in [9.17, 15) is 45.0 Å². The third-order valence-corrected chi connectivity index (χ3v) is 19.4. The van der Waals surface area contributed by atoms with Gasteiger partial charge in [-0.15, -0.1) is 6.42 Å². The maximum atomic E-state index is 13.4. The summed E-state index contributed by atoms with van der Waals surface area (Å²) in [6.07, 6.45) is 5.35. The van der Waals surface area contributed by atoms with Crippen LogP contribution >= 0.6 is 55.8 Å². The van der Waals surface area contributed by atoms with Gasteiger partial charge in [0.05, 0.1) is 5.02 Å². The molecule has 8 aromatic rings. The Morgan fingerprint density at radius 2 is 0.729 bits per heavy atom. The van der Waals surface area contributed by atoms with E-state index in [0.717, 1.165) is 44.0 Å². The molecule has 0 fully saturated rings. The average molecular weight is 1440 g/mol. The predicted octanol–water partition coefficient (Wildman–Crippen LogP) is 17.3. The summed E-state index contributed by atoms with van der Waals surface area (Å²) < 4.78 is 121. The van der Waals surface area contributed by atoms with E-state index >= 15 is 0 Å². The Balaban J connectivity index is 0. The molecule has 0 N–H and O–H groups in total. The first-order chi connectivity index (χ1) is 38.3. The standard InChI is InChI=1S/C11H13OP.C9H11ClFOP.3C9H12FOP.C7H7OP.2C6H5.2Y/c1-5-10-8-9(2)6-7-11(10)13(3,4)12;1-6-4-7(10)9(11)8(5-6)13(2,3)12;1-7-4-5-9(8(10)6-7)12(2,3)11;2*1-7-4-5-8(10)9(6-7)12(2,3)11;1-6-2-4-7(9-8)5-3-6;2*1-2-4-6-5-3-1;;/h1,6-8H,2-4H3;4-5H,1-3H3;3*4-6H,1-3H3;2-5H,1H3;2*1-5H;;/q;;;;;;2*-1;;. The molecule has 0 bridgehead atoms. The molecule has 0 aliphatic rings. The monoisotopic (exact) mass is 1440 g/mol. The summed E-state index contributed by atoms with van der Waals surface area (Å²) >= 11 is 5.63. The number of hydrogen-bond acceptors (Lipinski definition) is 6. The minimum Gasteiger partial charge on any atom is -0.319 e. The van der Waals surface area contributed by atoms with Gasteiger partial charge in [0.2, 0.25) is 0 Å². The minimum absolute atomic E-state index is 0. The van der Waals surface area contributed by atoms with E-state index in [-0.39, 0.29) is 102 Å². The van der Waals surface area contributed by atoms with Crippen LogP contribution in [0, 0.1) is 89.3 Å². The minimum atomic E-state index is -2.57. The van der Waals surface area contributed by atoms with Gasteiger partial charge in [-0.05, 0) is 198 Å². The van der Waals surface area contributed by atoms with Crippen molar-refractivity contribution in [2.75, 3.05) is 66.6 Å². The summed E-state index contributed by atoms with van der Waals surface area (Å²) in [6.45, 7) is 27.3. The normalized spacial score (nSPS) is 10.6. The van der Waals surface area contributed by atoms with Gasteiger partial charge in [-0.25, -0.2) is 17.6 Å². The van der Waals surface area contributed by atoms with Crippen LogP contribution < -0.4 is 31.8 Å². The molecule has 0 heterocycles. The van der Waals surface area contributed by atoms with Crippen LogP contribution in [-0.4, -0.2) is 66.6 Å². The third kappa shape index (κ3) is 34.4. The molecule has 0 saturated heterocycles. The van der Waals surface area contributed by atoms with Crippen molar-refractivity contribution in [3.05, 3.63) is 249 Å². The zero-order valence-electron chi connectivity index (χ0n) is 51.4. The van der Waals surface area contributed by atoms with Crippen LogP contribution in [-0.2, 0) is 92.8 Å². The number of hydrogen-bond donors (Lipinski definition) is 0. The molecule has 85 heavy (non-hydrogen) atoms. The van der Waals surface area contributed by atoms with Crippen molar-refractivity contribution >= 4 is 87.6 Å². The Morgan fingerprint density at radius 3 is 1.04 bits per heavy atom. The number of halogens is 5. The molecule has 0 aliphatic heterocycles. The molecule has 450 valence electrons. The van der Waals surface area contributed by atoms with Gasteiger partial charge < -0.3 is 22.8 Å². The smallest absolute Gasteiger partial charge is 0.192 e. The second-order valence-corrected chi connectivity index (χ2v) is 38.0. The van der Waals surface area contributed by atoms with Crippen LogP contribution in [0.2, 0.25) is 5.02 Å². The second kappa shape index (κ2) is 40.4. The van der Waals surface area contributed by atoms with Gasteiger partial charge in [0.25, 0.3) is 0 Å². The number of aryl methyl sites for hydroxylation is 6. The molecule has 6 nitrogen and oxygen atoms in total. The van der Waals surface area contributed by atoms with Crippen LogP contribution in [0.1, 0.15) is 38.9 Å². The van der Waals surface area contributed by atoms with E-state index in [0.29, 0.717) is 15.9 Å². The van der Waals surface area contributed by atoms with Crippen molar-refractivity contribution in [2.24, 2.45) is 0 Å². The SMILES string of the molecule is C#Cc1cc(C)ccc1P(C)(C)=O.Cc1cc(Cl)c(F)c(P(C)(C)=O)c1.Cc1ccc(F)c(P(C)(C)=O)c1.Cc1ccc(F)c(P(C)(C)=O)c1.Cc1ccc(P(C)(C)=O)c(F)c1.Cc1ccc(P=O)cc1.[Y].[Y].[c-]1ccccc1.[c-]1ccccc1. The van der Waals surface area contributed by atoms with Gasteiger partial charge in [-0.3, -0.25) is 4.57 Å². The van der Waals surface area contributed by atoms with Gasteiger partial charge in [-0.1, -0.05) is 70.6 Å². The van der Waals surface area contributed by atoms with E-state index < -0.39 is 41.5 Å². The van der Waals surface area contributed by atoms with Crippen LogP contribution in [0.3, 0.4) is 0 Å². The molecule has 0 amide bonds. The summed E-state index contributed by atoms with van der Waals surface area (Å²) in [4.78, 5) is 0. The Bertz CT molecular complexity index is 3480. The Kier molecular flexibility index (Phi) is 39.9. The molecule has 0 aromatic heterocycles. The second-order valence-electron chi connectivity index (χ2n) is 20.9. The zero-order valence-corrected chi connectivity index (χ0v) is 63.2. The van der Waals surface area contributed by atoms with E-state index in [1.54, 1.807) is 103 Å². The summed E-state index contributed by atoms with van der Waals surface area (Å²) in [6, 6.07) is 55.6. The largest absolute Gasteiger partial charge is 0.319 e. The molecule has 0 unspecified atom stereocenters. The first-order valence-electron chi connectivity index (χ1n) is 25.6.